The highest BCUT2D eigenvalue weighted by molar-refractivity contribution is 5.76. The molecule has 1 amide bonds. The Balaban J connectivity index is 1.51. The Labute approximate surface area is 170 Å². The quantitative estimate of drug-likeness (QED) is 0.593. The zero-order chi connectivity index (χ0) is 20.5. The van der Waals surface area contributed by atoms with E-state index in [4.69, 9.17) is 9.47 Å². The first-order valence-electron chi connectivity index (χ1n) is 10.2. The third-order valence-electron chi connectivity index (χ3n) is 4.80. The van der Waals surface area contributed by atoms with E-state index in [2.05, 4.69) is 27.4 Å². The van der Waals surface area contributed by atoms with Crippen molar-refractivity contribution in [3.8, 4) is 17.1 Å². The molecular formula is C21H28N4O4. The number of carbonyl (C=O) groups is 1. The number of H-pyrrole nitrogens is 1. The van der Waals surface area contributed by atoms with Crippen LogP contribution in [0.1, 0.15) is 44.7 Å². The van der Waals surface area contributed by atoms with Crippen LogP contribution in [-0.2, 0) is 16.0 Å². The number of hydrogen-bond acceptors (Lipinski definition) is 6. The van der Waals surface area contributed by atoms with Gasteiger partial charge in [0.1, 0.15) is 11.4 Å². The van der Waals surface area contributed by atoms with Gasteiger partial charge in [-0.25, -0.2) is 0 Å². The summed E-state index contributed by atoms with van der Waals surface area (Å²) in [6.45, 7) is 4.07. The summed E-state index contributed by atoms with van der Waals surface area (Å²) in [4.78, 5) is 27.0. The van der Waals surface area contributed by atoms with Gasteiger partial charge in [-0.1, -0.05) is 13.3 Å². The Morgan fingerprint density at radius 3 is 2.83 bits per heavy atom. The zero-order valence-electron chi connectivity index (χ0n) is 16.8. The number of carbonyl (C=O) groups excluding carboxylic acids is 1. The number of aryl methyl sites for hydroxylation is 1. The summed E-state index contributed by atoms with van der Waals surface area (Å²) in [6.07, 6.45) is 4.62. The van der Waals surface area contributed by atoms with Gasteiger partial charge in [-0.3, -0.25) is 9.59 Å². The summed E-state index contributed by atoms with van der Waals surface area (Å²) in [5.74, 6) is 1.05. The molecule has 0 unspecified atom stereocenters. The molecule has 1 aliphatic rings. The summed E-state index contributed by atoms with van der Waals surface area (Å²) in [5, 5.41) is 11.0. The van der Waals surface area contributed by atoms with E-state index >= 15 is 0 Å². The predicted molar refractivity (Wildman–Crippen MR) is 109 cm³/mol. The second kappa shape index (κ2) is 10.7. The average molecular weight is 400 g/mol. The Morgan fingerprint density at radius 2 is 2.14 bits per heavy atom. The number of nitrogens with one attached hydrogen (secondary N) is 2. The van der Waals surface area contributed by atoms with Crippen LogP contribution < -0.4 is 15.6 Å². The number of rotatable bonds is 10. The van der Waals surface area contributed by atoms with Gasteiger partial charge in [-0.05, 0) is 43.5 Å². The third kappa shape index (κ3) is 6.39. The second-order valence-electron chi connectivity index (χ2n) is 7.11. The lowest BCUT2D eigenvalue weighted by atomic mass is 10.2. The van der Waals surface area contributed by atoms with Crippen LogP contribution in [0.5, 0.6) is 5.75 Å². The summed E-state index contributed by atoms with van der Waals surface area (Å²) < 4.78 is 11.1. The molecule has 3 rings (SSSR count). The first-order valence-corrected chi connectivity index (χ1v) is 10.2. The van der Waals surface area contributed by atoms with Gasteiger partial charge in [-0.2, -0.15) is 0 Å². The van der Waals surface area contributed by atoms with Crippen LogP contribution in [0.4, 0.5) is 0 Å². The summed E-state index contributed by atoms with van der Waals surface area (Å²) in [7, 11) is 0. The minimum Gasteiger partial charge on any atom is -0.494 e. The van der Waals surface area contributed by atoms with Crippen molar-refractivity contribution < 1.29 is 14.3 Å². The average Bonchev–Trinajstić information content (AvgIpc) is 3.26. The molecule has 8 heteroatoms. The highest BCUT2D eigenvalue weighted by atomic mass is 16.5. The summed E-state index contributed by atoms with van der Waals surface area (Å²) in [6, 6.07) is 7.35. The lowest BCUT2D eigenvalue weighted by Crippen LogP contribution is -2.32. The molecule has 0 aliphatic carbocycles. The van der Waals surface area contributed by atoms with Crippen molar-refractivity contribution in [2.24, 2.45) is 0 Å². The Hall–Kier alpha value is -2.74. The van der Waals surface area contributed by atoms with Crippen molar-refractivity contribution in [2.75, 3.05) is 19.8 Å². The normalized spacial score (nSPS) is 16.0. The molecule has 1 aliphatic heterocycles. The number of unbranched alkanes of at least 4 members (excludes halogenated alkanes) is 1. The highest BCUT2D eigenvalue weighted by Crippen LogP contribution is 2.18. The van der Waals surface area contributed by atoms with Crippen LogP contribution in [0.25, 0.3) is 11.4 Å². The molecule has 8 nitrogen and oxygen atoms in total. The molecule has 0 radical (unpaired) electrons. The fraction of sp³-hybridized carbons (Fsp3) is 0.524. The SMILES string of the molecule is CCCCOc1ccc(-c2nnc(CCC(=O)NC[C@@H]3CCCO3)c(=O)[nH]2)cc1. The van der Waals surface area contributed by atoms with Crippen molar-refractivity contribution in [3.63, 3.8) is 0 Å². The number of ether oxygens (including phenoxy) is 2. The van der Waals surface area contributed by atoms with E-state index in [-0.39, 0.29) is 36.1 Å². The molecule has 29 heavy (non-hydrogen) atoms. The van der Waals surface area contributed by atoms with Crippen molar-refractivity contribution >= 4 is 5.91 Å². The van der Waals surface area contributed by atoms with Crippen LogP contribution in [0, 0.1) is 0 Å². The van der Waals surface area contributed by atoms with Gasteiger partial charge in [0, 0.05) is 31.6 Å². The monoisotopic (exact) mass is 400 g/mol. The molecule has 2 N–H and O–H groups in total. The Bertz CT molecular complexity index is 845. The maximum Gasteiger partial charge on any atom is 0.273 e. The van der Waals surface area contributed by atoms with Crippen LogP contribution >= 0.6 is 0 Å². The molecule has 156 valence electrons. The Kier molecular flexibility index (Phi) is 7.75. The van der Waals surface area contributed by atoms with Crippen molar-refractivity contribution in [1.82, 2.24) is 20.5 Å². The fourth-order valence-electron chi connectivity index (χ4n) is 3.05. The number of hydrogen-bond donors (Lipinski definition) is 2. The van der Waals surface area contributed by atoms with Gasteiger partial charge in [0.05, 0.1) is 12.7 Å². The number of nitrogens with zero attached hydrogens (tertiary/aromatic N) is 2. The summed E-state index contributed by atoms with van der Waals surface area (Å²) >= 11 is 0. The number of aromatic amines is 1. The third-order valence-corrected chi connectivity index (χ3v) is 4.80. The molecule has 1 saturated heterocycles. The predicted octanol–water partition coefficient (Wildman–Crippen LogP) is 2.24. The molecule has 1 fully saturated rings. The Morgan fingerprint density at radius 1 is 1.31 bits per heavy atom. The van der Waals surface area contributed by atoms with Gasteiger partial charge in [0.15, 0.2) is 5.82 Å². The maximum atomic E-state index is 12.3. The number of amides is 1. The molecule has 0 saturated carbocycles. The minimum absolute atomic E-state index is 0.102. The summed E-state index contributed by atoms with van der Waals surface area (Å²) in [5.41, 5.74) is 0.670. The minimum atomic E-state index is -0.329. The van der Waals surface area contributed by atoms with Crippen molar-refractivity contribution in [3.05, 3.63) is 40.3 Å². The molecule has 1 aromatic heterocycles. The van der Waals surface area contributed by atoms with E-state index in [1.54, 1.807) is 0 Å². The van der Waals surface area contributed by atoms with Crippen LogP contribution in [0.3, 0.4) is 0 Å². The van der Waals surface area contributed by atoms with Crippen LogP contribution in [0.2, 0.25) is 0 Å². The first kappa shape index (κ1) is 21.0. The van der Waals surface area contributed by atoms with Crippen LogP contribution in [0.15, 0.2) is 29.1 Å². The molecule has 0 bridgehead atoms. The lowest BCUT2D eigenvalue weighted by Gasteiger charge is -2.10. The fourth-order valence-corrected chi connectivity index (χ4v) is 3.05. The van der Waals surface area contributed by atoms with E-state index < -0.39 is 0 Å². The van der Waals surface area contributed by atoms with E-state index in [0.29, 0.717) is 19.0 Å². The largest absolute Gasteiger partial charge is 0.494 e. The van der Waals surface area contributed by atoms with E-state index in [9.17, 15) is 9.59 Å². The second-order valence-corrected chi connectivity index (χ2v) is 7.11. The lowest BCUT2D eigenvalue weighted by molar-refractivity contribution is -0.121. The molecule has 1 atom stereocenters. The van der Waals surface area contributed by atoms with E-state index in [0.717, 1.165) is 43.6 Å². The highest BCUT2D eigenvalue weighted by Gasteiger charge is 2.16. The van der Waals surface area contributed by atoms with Gasteiger partial charge >= 0.3 is 0 Å². The number of aromatic nitrogens is 3. The first-order chi connectivity index (χ1) is 14.2. The van der Waals surface area contributed by atoms with Crippen molar-refractivity contribution in [2.45, 2.75) is 51.6 Å². The van der Waals surface area contributed by atoms with E-state index in [1.807, 2.05) is 24.3 Å². The number of benzene rings is 1. The van der Waals surface area contributed by atoms with Gasteiger partial charge in [0.2, 0.25) is 5.91 Å². The van der Waals surface area contributed by atoms with Gasteiger partial charge in [0.25, 0.3) is 5.56 Å². The smallest absolute Gasteiger partial charge is 0.273 e. The molecule has 0 spiro atoms. The molecule has 1 aromatic carbocycles. The van der Waals surface area contributed by atoms with Crippen LogP contribution in [-0.4, -0.2) is 47.0 Å². The zero-order valence-corrected chi connectivity index (χ0v) is 16.8. The molecule has 2 heterocycles. The standard InChI is InChI=1S/C21H28N4O4/c1-2-3-12-28-16-8-6-15(7-9-16)20-23-21(27)18(24-25-20)10-11-19(26)22-14-17-5-4-13-29-17/h6-9,17H,2-5,10-14H2,1H3,(H,22,26)(H,23,25,27)/t17-/m0/s1. The van der Waals surface area contributed by atoms with E-state index in [1.165, 1.54) is 0 Å². The maximum absolute atomic E-state index is 12.3. The molecular weight excluding hydrogens is 372 g/mol. The van der Waals surface area contributed by atoms with Gasteiger partial charge < -0.3 is 19.8 Å². The van der Waals surface area contributed by atoms with Gasteiger partial charge in [-0.15, -0.1) is 10.2 Å². The molecule has 2 aromatic rings. The topological polar surface area (TPSA) is 106 Å². The van der Waals surface area contributed by atoms with Crippen molar-refractivity contribution in [1.29, 1.82) is 0 Å².